The van der Waals surface area contributed by atoms with E-state index in [4.69, 9.17) is 15.2 Å². The molecule has 4 heteroatoms. The number of methoxy groups -OCH3 is 1. The van der Waals surface area contributed by atoms with Gasteiger partial charge in [-0.2, -0.15) is 0 Å². The summed E-state index contributed by atoms with van der Waals surface area (Å²) >= 11 is 0. The van der Waals surface area contributed by atoms with E-state index in [0.29, 0.717) is 6.54 Å². The largest absolute Gasteiger partial charge is 0.493 e. The zero-order valence-corrected chi connectivity index (χ0v) is 14.0. The van der Waals surface area contributed by atoms with Crippen molar-refractivity contribution in [1.29, 1.82) is 0 Å². The summed E-state index contributed by atoms with van der Waals surface area (Å²) in [6, 6.07) is 6.52. The lowest BCUT2D eigenvalue weighted by Crippen LogP contribution is -2.37. The number of piperidine rings is 1. The number of hydrogen-bond acceptors (Lipinski definition) is 4. The molecule has 1 aliphatic rings. The molecule has 0 amide bonds. The first kappa shape index (κ1) is 17.1. The van der Waals surface area contributed by atoms with Crippen LogP contribution in [0.4, 0.5) is 0 Å². The Hall–Kier alpha value is -1.26. The van der Waals surface area contributed by atoms with E-state index in [2.05, 4.69) is 24.0 Å². The van der Waals surface area contributed by atoms with Crippen LogP contribution in [0.5, 0.6) is 11.5 Å². The van der Waals surface area contributed by atoms with Gasteiger partial charge in [-0.1, -0.05) is 25.8 Å². The molecule has 1 aromatic rings. The summed E-state index contributed by atoms with van der Waals surface area (Å²) in [6.45, 7) is 5.81. The predicted octanol–water partition coefficient (Wildman–Crippen LogP) is 3.36. The summed E-state index contributed by atoms with van der Waals surface area (Å²) in [5, 5.41) is 0. The predicted molar refractivity (Wildman–Crippen MR) is 90.6 cm³/mol. The van der Waals surface area contributed by atoms with Crippen LogP contribution < -0.4 is 15.2 Å². The Balaban J connectivity index is 2.15. The quantitative estimate of drug-likeness (QED) is 0.748. The molecule has 0 bridgehead atoms. The molecule has 1 fully saturated rings. The van der Waals surface area contributed by atoms with Gasteiger partial charge in [0.2, 0.25) is 0 Å². The molecule has 1 heterocycles. The lowest BCUT2D eigenvalue weighted by molar-refractivity contribution is 0.167. The van der Waals surface area contributed by atoms with Crippen LogP contribution in [0.1, 0.15) is 50.6 Å². The van der Waals surface area contributed by atoms with Gasteiger partial charge >= 0.3 is 0 Å². The van der Waals surface area contributed by atoms with E-state index in [-0.39, 0.29) is 6.04 Å². The highest BCUT2D eigenvalue weighted by molar-refractivity contribution is 5.44. The van der Waals surface area contributed by atoms with E-state index in [0.717, 1.165) is 44.0 Å². The van der Waals surface area contributed by atoms with Gasteiger partial charge in [0.15, 0.2) is 11.5 Å². The Labute approximate surface area is 134 Å². The molecule has 2 N–H and O–H groups in total. The normalized spacial score (nSPS) is 17.2. The maximum atomic E-state index is 6.06. The van der Waals surface area contributed by atoms with Gasteiger partial charge in [0.1, 0.15) is 0 Å². The Kier molecular flexibility index (Phi) is 7.00. The Morgan fingerprint density at radius 2 is 1.95 bits per heavy atom. The van der Waals surface area contributed by atoms with Gasteiger partial charge in [-0.15, -0.1) is 0 Å². The fraction of sp³-hybridized carbons (Fsp3) is 0.667. The summed E-state index contributed by atoms with van der Waals surface area (Å²) in [5.74, 6) is 1.64. The van der Waals surface area contributed by atoms with E-state index < -0.39 is 0 Å². The number of rotatable bonds is 8. The van der Waals surface area contributed by atoms with Crippen molar-refractivity contribution in [2.45, 2.75) is 45.1 Å². The van der Waals surface area contributed by atoms with Crippen molar-refractivity contribution >= 4 is 0 Å². The topological polar surface area (TPSA) is 47.7 Å². The Bertz CT molecular complexity index is 445. The van der Waals surface area contributed by atoms with Gasteiger partial charge in [-0.25, -0.2) is 0 Å². The molecule has 1 atom stereocenters. The zero-order chi connectivity index (χ0) is 15.8. The molecule has 124 valence electrons. The first-order chi connectivity index (χ1) is 10.8. The minimum Gasteiger partial charge on any atom is -0.493 e. The van der Waals surface area contributed by atoms with Crippen LogP contribution in [0.3, 0.4) is 0 Å². The average molecular weight is 306 g/mol. The average Bonchev–Trinajstić information content (AvgIpc) is 2.57. The highest BCUT2D eigenvalue weighted by Gasteiger charge is 2.22. The van der Waals surface area contributed by atoms with E-state index in [1.54, 1.807) is 7.11 Å². The van der Waals surface area contributed by atoms with Crippen LogP contribution in [-0.4, -0.2) is 38.3 Å². The van der Waals surface area contributed by atoms with Crippen LogP contribution in [-0.2, 0) is 0 Å². The molecule has 0 spiro atoms. The lowest BCUT2D eigenvalue weighted by Gasteiger charge is -2.34. The summed E-state index contributed by atoms with van der Waals surface area (Å²) in [4.78, 5) is 2.50. The number of hydrogen-bond donors (Lipinski definition) is 1. The first-order valence-electron chi connectivity index (χ1n) is 8.55. The Morgan fingerprint density at radius 1 is 1.18 bits per heavy atom. The van der Waals surface area contributed by atoms with Crippen molar-refractivity contribution in [2.75, 3.05) is 33.4 Å². The van der Waals surface area contributed by atoms with E-state index >= 15 is 0 Å². The van der Waals surface area contributed by atoms with Gasteiger partial charge in [0, 0.05) is 12.6 Å². The summed E-state index contributed by atoms with van der Waals surface area (Å²) in [7, 11) is 1.69. The fourth-order valence-electron chi connectivity index (χ4n) is 3.07. The van der Waals surface area contributed by atoms with E-state index in [9.17, 15) is 0 Å². The molecule has 0 aliphatic carbocycles. The van der Waals surface area contributed by atoms with Crippen molar-refractivity contribution in [1.82, 2.24) is 4.90 Å². The maximum absolute atomic E-state index is 6.06. The van der Waals surface area contributed by atoms with Crippen LogP contribution in [0.25, 0.3) is 0 Å². The van der Waals surface area contributed by atoms with Crippen LogP contribution in [0, 0.1) is 0 Å². The SMILES string of the molecule is CCCCOc1cc(C(CN)N2CCCCC2)ccc1OC. The van der Waals surface area contributed by atoms with E-state index in [1.165, 1.54) is 24.8 Å². The standard InChI is InChI=1S/C18H30N2O2/c1-3-4-12-22-18-13-15(8-9-17(18)21-2)16(14-19)20-10-6-5-7-11-20/h8-9,13,16H,3-7,10-12,14,19H2,1-2H3. The number of nitrogens with two attached hydrogens (primary N) is 1. The first-order valence-corrected chi connectivity index (χ1v) is 8.55. The minimum absolute atomic E-state index is 0.278. The summed E-state index contributed by atoms with van der Waals surface area (Å²) in [6.07, 6.45) is 6.06. The third-order valence-electron chi connectivity index (χ3n) is 4.38. The number of ether oxygens (including phenoxy) is 2. The van der Waals surface area contributed by atoms with Gasteiger partial charge in [-0.3, -0.25) is 4.90 Å². The van der Waals surface area contributed by atoms with Gasteiger partial charge in [0.25, 0.3) is 0 Å². The number of likely N-dealkylation sites (tertiary alicyclic amines) is 1. The van der Waals surface area contributed by atoms with Crippen molar-refractivity contribution in [3.63, 3.8) is 0 Å². The molecule has 1 saturated heterocycles. The molecule has 2 rings (SSSR count). The van der Waals surface area contributed by atoms with E-state index in [1.807, 2.05) is 6.07 Å². The third kappa shape index (κ3) is 4.37. The second-order valence-corrected chi connectivity index (χ2v) is 5.96. The fourth-order valence-corrected chi connectivity index (χ4v) is 3.07. The number of unbranched alkanes of at least 4 members (excludes halogenated alkanes) is 1. The molecular formula is C18H30N2O2. The molecule has 0 saturated carbocycles. The van der Waals surface area contributed by atoms with Crippen LogP contribution in [0.15, 0.2) is 18.2 Å². The second kappa shape index (κ2) is 9.01. The number of nitrogens with zero attached hydrogens (tertiary/aromatic N) is 1. The molecular weight excluding hydrogens is 276 g/mol. The van der Waals surface area contributed by atoms with Crippen molar-refractivity contribution in [2.24, 2.45) is 5.73 Å². The number of benzene rings is 1. The Morgan fingerprint density at radius 3 is 2.59 bits per heavy atom. The molecule has 1 unspecified atom stereocenters. The van der Waals surface area contributed by atoms with Gasteiger partial charge in [-0.05, 0) is 50.0 Å². The lowest BCUT2D eigenvalue weighted by atomic mass is 10.0. The zero-order valence-electron chi connectivity index (χ0n) is 14.0. The van der Waals surface area contributed by atoms with Crippen molar-refractivity contribution in [3.05, 3.63) is 23.8 Å². The molecule has 1 aliphatic heterocycles. The third-order valence-corrected chi connectivity index (χ3v) is 4.38. The molecule has 22 heavy (non-hydrogen) atoms. The molecule has 4 nitrogen and oxygen atoms in total. The second-order valence-electron chi connectivity index (χ2n) is 5.96. The summed E-state index contributed by atoms with van der Waals surface area (Å²) in [5.41, 5.74) is 7.30. The monoisotopic (exact) mass is 306 g/mol. The van der Waals surface area contributed by atoms with Crippen LogP contribution in [0.2, 0.25) is 0 Å². The van der Waals surface area contributed by atoms with Crippen molar-refractivity contribution < 1.29 is 9.47 Å². The molecule has 1 aromatic carbocycles. The molecule has 0 radical (unpaired) electrons. The highest BCUT2D eigenvalue weighted by atomic mass is 16.5. The van der Waals surface area contributed by atoms with Crippen molar-refractivity contribution in [3.8, 4) is 11.5 Å². The minimum atomic E-state index is 0.278. The molecule has 0 aromatic heterocycles. The highest BCUT2D eigenvalue weighted by Crippen LogP contribution is 2.33. The van der Waals surface area contributed by atoms with Crippen LogP contribution >= 0.6 is 0 Å². The summed E-state index contributed by atoms with van der Waals surface area (Å²) < 4.78 is 11.3. The maximum Gasteiger partial charge on any atom is 0.161 e. The van der Waals surface area contributed by atoms with Gasteiger partial charge in [0.05, 0.1) is 13.7 Å². The van der Waals surface area contributed by atoms with Gasteiger partial charge < -0.3 is 15.2 Å². The smallest absolute Gasteiger partial charge is 0.161 e.